The molecular formula is C100H109Cl10I2K2N8NaO18S4. The molecule has 11 aromatic rings. The molecule has 11 aromatic carbocycles. The molecule has 768 valence electrons. The molecule has 14 rings (SSSR count). The number of nitrogens with zero attached hydrogens (tertiary/aromatic N) is 7. The van der Waals surface area contributed by atoms with Crippen LogP contribution in [0, 0.1) is 25.5 Å². The Hall–Kier alpha value is -3.64. The summed E-state index contributed by atoms with van der Waals surface area (Å²) in [6, 6.07) is 83.3. The topological polar surface area (TPSA) is 356 Å². The number of benzene rings is 11. The summed E-state index contributed by atoms with van der Waals surface area (Å²) in [6.07, 6.45) is 3.05. The number of nitrogens with one attached hydrogen (secondary N) is 1. The summed E-state index contributed by atoms with van der Waals surface area (Å²) in [6.45, 7) is 28.4. The van der Waals surface area contributed by atoms with Gasteiger partial charge in [0.05, 0.1) is 101 Å². The Morgan fingerprint density at radius 3 is 1.03 bits per heavy atom. The molecule has 0 bridgehead atoms. The zero-order valence-electron chi connectivity index (χ0n) is 81.3. The summed E-state index contributed by atoms with van der Waals surface area (Å²) in [5.41, 5.74) is 12.0. The van der Waals surface area contributed by atoms with Crippen LogP contribution in [0.25, 0.3) is 4.85 Å². The van der Waals surface area contributed by atoms with E-state index >= 15 is 0 Å². The molecule has 0 spiro atoms. The van der Waals surface area contributed by atoms with Crippen molar-refractivity contribution in [3.63, 3.8) is 0 Å². The molecule has 3 saturated heterocycles. The van der Waals surface area contributed by atoms with Crippen LogP contribution in [-0.4, -0.2) is 173 Å². The van der Waals surface area contributed by atoms with Crippen molar-refractivity contribution in [1.29, 1.82) is 5.26 Å². The Labute approximate surface area is 1040 Å². The molecule has 0 unspecified atom stereocenters. The molecule has 4 N–H and O–H groups in total. The Morgan fingerprint density at radius 2 is 0.745 bits per heavy atom. The second-order valence-corrected chi connectivity index (χ2v) is 45.2. The van der Waals surface area contributed by atoms with E-state index in [4.69, 9.17) is 164 Å². The van der Waals surface area contributed by atoms with Crippen LogP contribution in [0.1, 0.15) is 136 Å². The van der Waals surface area contributed by atoms with E-state index in [1.54, 1.807) is 30.3 Å². The zero-order chi connectivity index (χ0) is 105. The summed E-state index contributed by atoms with van der Waals surface area (Å²) >= 11 is 60.5. The third-order valence-corrected chi connectivity index (χ3v) is 26.2. The second kappa shape index (κ2) is 71.4. The molecule has 0 aromatic heterocycles. The monoisotopic (exact) mass is 2540 g/mol. The maximum Gasteiger partial charge on any atom is 1.00 e. The van der Waals surface area contributed by atoms with Gasteiger partial charge in [0.1, 0.15) is 0 Å². The molecule has 3 aliphatic rings. The Bertz CT molecular complexity index is 6290. The molecular weight excluding hydrogens is 2440 g/mol. The van der Waals surface area contributed by atoms with Gasteiger partial charge in [-0.2, -0.15) is 25.3 Å². The number of piperazine rings is 3. The van der Waals surface area contributed by atoms with E-state index in [2.05, 4.69) is 97.7 Å². The van der Waals surface area contributed by atoms with Crippen molar-refractivity contribution in [3.05, 3.63) is 376 Å². The van der Waals surface area contributed by atoms with Crippen LogP contribution < -0.4 is 158 Å². The van der Waals surface area contributed by atoms with Crippen LogP contribution in [0.5, 0.6) is 0 Å². The Morgan fingerprint density at radius 1 is 0.469 bits per heavy atom. The number of aliphatic hydroxyl groups is 1. The first-order valence-electron chi connectivity index (χ1n) is 42.6. The molecule has 0 aliphatic carbocycles. The predicted molar refractivity (Wildman–Crippen MR) is 590 cm³/mol. The van der Waals surface area contributed by atoms with E-state index in [0.29, 0.717) is 85.1 Å². The fraction of sp³-hybridized carbons (Fsp3) is 0.290. The quantitative estimate of drug-likeness (QED) is 0.00597. The van der Waals surface area contributed by atoms with Gasteiger partial charge in [-0.3, -0.25) is 31.9 Å². The van der Waals surface area contributed by atoms with Crippen molar-refractivity contribution in [1.82, 2.24) is 15.1 Å². The molecule has 2 amide bonds. The summed E-state index contributed by atoms with van der Waals surface area (Å²) in [5.74, 6) is 0.118. The Balaban J connectivity index is 0.00000172. The van der Waals surface area contributed by atoms with E-state index in [0.717, 1.165) is 101 Å². The third kappa shape index (κ3) is 52.9. The first kappa shape index (κ1) is 139. The largest absolute Gasteiger partial charge is 1.00 e. The average molecular weight is 2550 g/mol. The van der Waals surface area contributed by atoms with E-state index in [1.165, 1.54) is 11.1 Å². The van der Waals surface area contributed by atoms with Gasteiger partial charge in [-0.15, -0.1) is 0 Å². The van der Waals surface area contributed by atoms with E-state index in [9.17, 15) is 34.8 Å². The van der Waals surface area contributed by atoms with Crippen molar-refractivity contribution >= 4 is 241 Å². The van der Waals surface area contributed by atoms with Gasteiger partial charge in [-0.1, -0.05) is 278 Å². The second-order valence-electron chi connectivity index (χ2n) is 31.6. The number of carbonyl (C=O) groups excluding carboxylic acids is 3. The van der Waals surface area contributed by atoms with Crippen LogP contribution in [-0.2, 0) is 67.3 Å². The molecule has 3 fully saturated rings. The SMILES string of the molecule is C.CS(=O)(=O)Cl.C[C@@H](C(=O)N1CCN(c2ccc(Cl)cc2Cl)[C@H](c2ccc(Cl)cc2)C1)c1ccc(I)cc1.C[C@@H](CO)c1ccccc1.C[C@@H](COS(C)(=O)=O)c1ccc(I)cc1.C[C@@H](COS(C)(=O)=O)c1ccccc1.Clc1ccc([C@@H]2CNCCN2c2ccc(Cl)cc2Cl)cc1.O=CO[O-].O=S(=O)(O)O.[C-]#N.[C-]#[N+]c1ccc([C@@H](C)C(=O)N2CCN(c3ccc(Cl)cc3Cl)[C@H](c3ccc(Cl)cc3)C2)cc1.[H-].[K+].[K+].[Na+]. The van der Waals surface area contributed by atoms with Crippen molar-refractivity contribution in [2.24, 2.45) is 0 Å². The summed E-state index contributed by atoms with van der Waals surface area (Å²) in [4.78, 5) is 52.2. The maximum absolute atomic E-state index is 13.4. The van der Waals surface area contributed by atoms with Crippen molar-refractivity contribution in [3.8, 4) is 0 Å². The number of halogens is 12. The standard InChI is InChI=1S/C26H22Cl3N3O.C25H22Cl3IN2O.C16H15Cl3N2.C10H13IO3S.C10H14O3S.C9H12O.CH3ClO2S.CN.CH2O3.CH4.2K.Na.H2O4S.H/c1-17(18-5-10-22(30-2)11-6-18)26(33)31-13-14-32(24-12-9-21(28)15-23(24)29)25(16-31)19-3-7-20(27)8-4-19;1-16(17-4-9-21(29)10-5-17)25(32)30-12-13-31(23-11-8-20(27)14-22(23)28)24(15-30)18-2-6-19(26)7-3-18;17-12-3-1-11(2-4-12)16-10-20-7-8-21(16)15-6-5-13(18)9-14(15)19;1-8(7-14-15(2,12)13)9-3-5-10(11)6-4-9;1-9(8-13-14(2,11)12)10-6-4-3-5-7-10;1-8(7-10)9-5-3-2-4-6-9;1-5(2,3)4;1-2;2-1-4-3;;;;;1-5(2,3)4;/h3-12,15,17,25H,13-14,16H2,1H3;2-11,14,16,24H,12-13,15H2,1H3;1-6,9,16,20H,7-8,10H2;3-6,8H,7H2,1-2H3;3-7,9H,8H2,1-2H3;2-6,8,10H,7H2,1H3;1H3;;1,3H;1H4;;;;(H2,1,2,3,4);/q;;;;;;;-1;;;3*+1;;-1/p-1/t17-,25+;16-,24+;16-;8-;9-;8-;;;;;;;;;/m110000........./s1. The van der Waals surface area contributed by atoms with Gasteiger partial charge < -0.3 is 58.3 Å². The normalized spacial score (nSPS) is 15.0. The number of anilines is 3. The van der Waals surface area contributed by atoms with Crippen LogP contribution in [0.4, 0.5) is 22.7 Å². The molecule has 145 heavy (non-hydrogen) atoms. The van der Waals surface area contributed by atoms with Gasteiger partial charge in [0, 0.05) is 131 Å². The van der Waals surface area contributed by atoms with Gasteiger partial charge in [0.2, 0.25) is 20.9 Å². The van der Waals surface area contributed by atoms with E-state index in [-0.39, 0.29) is 227 Å². The molecule has 0 radical (unpaired) electrons. The number of amides is 2. The smallest absolute Gasteiger partial charge is 1.00 e. The summed E-state index contributed by atoms with van der Waals surface area (Å²) < 4.78 is 105. The fourth-order valence-corrected chi connectivity index (χ4v) is 17.7. The van der Waals surface area contributed by atoms with Crippen LogP contribution in [0.15, 0.2) is 261 Å². The molecule has 3 heterocycles. The maximum atomic E-state index is 13.4. The first-order valence-corrected chi connectivity index (χ1v) is 55.9. The zero-order valence-corrected chi connectivity index (χ0v) is 104. The van der Waals surface area contributed by atoms with Crippen LogP contribution >= 0.6 is 160 Å². The minimum atomic E-state index is -4.67. The molecule has 0 saturated carbocycles. The minimum absolute atomic E-state index is 0. The molecule has 45 heteroatoms. The van der Waals surface area contributed by atoms with E-state index < -0.39 is 39.7 Å². The fourth-order valence-electron chi connectivity index (χ4n) is 14.1. The number of aliphatic hydroxyl groups excluding tert-OH is 1. The number of hydrogen-bond acceptors (Lipinski definition) is 21. The van der Waals surface area contributed by atoms with Gasteiger partial charge in [-0.25, -0.2) is 13.3 Å². The Kier molecular flexibility index (Phi) is 68.7. The van der Waals surface area contributed by atoms with Gasteiger partial charge >= 0.3 is 143 Å². The van der Waals surface area contributed by atoms with Gasteiger partial charge in [0.15, 0.2) is 5.69 Å². The van der Waals surface area contributed by atoms with Crippen molar-refractivity contribution in [2.75, 3.05) is 112 Å². The molecule has 26 nitrogen and oxygen atoms in total. The molecule has 3 aliphatic heterocycles. The number of rotatable bonds is 21. The van der Waals surface area contributed by atoms with E-state index in [1.807, 2.05) is 263 Å². The van der Waals surface area contributed by atoms with Gasteiger partial charge in [-0.05, 0) is 219 Å². The number of carbonyl (C=O) groups is 3. The van der Waals surface area contributed by atoms with Crippen molar-refractivity contribution < 1.29 is 215 Å². The summed E-state index contributed by atoms with van der Waals surface area (Å²) in [5, 5.41) is 32.7. The number of hydrogen-bond donors (Lipinski definition) is 4. The average Bonchev–Trinajstić information content (AvgIpc) is 0.788. The third-order valence-electron chi connectivity index (χ3n) is 21.2. The van der Waals surface area contributed by atoms with Crippen LogP contribution in [0.2, 0.25) is 45.2 Å². The van der Waals surface area contributed by atoms with Gasteiger partial charge in [0.25, 0.3) is 26.7 Å². The minimum Gasteiger partial charge on any atom is -1.00 e. The van der Waals surface area contributed by atoms with Crippen molar-refractivity contribution in [2.45, 2.75) is 89.8 Å². The first-order chi connectivity index (χ1) is 66.5. The van der Waals surface area contributed by atoms with Crippen LogP contribution in [0.3, 0.4) is 0 Å². The molecule has 8 atom stereocenters. The predicted octanol–water partition coefficient (Wildman–Crippen LogP) is 15.4. The summed E-state index contributed by atoms with van der Waals surface area (Å²) in [7, 11) is -10.0.